The number of benzene rings is 1. The molecule has 0 spiro atoms. The van der Waals surface area contributed by atoms with Crippen molar-refractivity contribution < 1.29 is 14.0 Å². The number of thiazole rings is 1. The van der Waals surface area contributed by atoms with E-state index in [1.54, 1.807) is 11.0 Å². The number of hydrogen-bond donors (Lipinski definition) is 1. The Bertz CT molecular complexity index is 954. The number of anilines is 1. The lowest BCUT2D eigenvalue weighted by molar-refractivity contribution is -0.121. The fraction of sp³-hybridized carbons (Fsp3) is 0.350. The van der Waals surface area contributed by atoms with Crippen LogP contribution < -0.4 is 5.32 Å². The Kier molecular flexibility index (Phi) is 4.70. The molecule has 1 saturated heterocycles. The van der Waals surface area contributed by atoms with Crippen molar-refractivity contribution in [3.8, 4) is 0 Å². The van der Waals surface area contributed by atoms with Crippen molar-refractivity contribution in [2.75, 3.05) is 18.4 Å². The summed E-state index contributed by atoms with van der Waals surface area (Å²) < 4.78 is 6.10. The van der Waals surface area contributed by atoms with E-state index in [1.165, 1.54) is 23.9 Å². The topological polar surface area (TPSA) is 75.4 Å². The molecule has 0 saturated carbocycles. The van der Waals surface area contributed by atoms with Crippen LogP contribution in [0, 0.1) is 19.8 Å². The summed E-state index contributed by atoms with van der Waals surface area (Å²) in [5.74, 6) is -0.398. The van der Waals surface area contributed by atoms with Crippen LogP contribution in [0.15, 0.2) is 35.1 Å². The molecule has 1 atom stereocenters. The number of aromatic nitrogens is 1. The fourth-order valence-corrected chi connectivity index (χ4v) is 4.48. The summed E-state index contributed by atoms with van der Waals surface area (Å²) in [7, 11) is 0. The SMILES string of the molecule is Cc1ccc(C)c2sc(NC(=O)C3CCCN(C(=O)c4ccoc4)C3)nc12. The molecule has 1 aliphatic rings. The van der Waals surface area contributed by atoms with Gasteiger partial charge in [0.05, 0.1) is 28.0 Å². The zero-order valence-electron chi connectivity index (χ0n) is 15.3. The standard InChI is InChI=1S/C20H21N3O3S/c1-12-5-6-13(2)17-16(12)21-20(27-17)22-18(24)14-4-3-8-23(10-14)19(25)15-7-9-26-11-15/h5-7,9,11,14H,3-4,8,10H2,1-2H3,(H,21,22,24). The molecule has 1 N–H and O–H groups in total. The van der Waals surface area contributed by atoms with Crippen LogP contribution in [0.4, 0.5) is 5.13 Å². The predicted molar refractivity (Wildman–Crippen MR) is 105 cm³/mol. The van der Waals surface area contributed by atoms with Gasteiger partial charge in [-0.2, -0.15) is 0 Å². The van der Waals surface area contributed by atoms with E-state index in [1.807, 2.05) is 19.9 Å². The van der Waals surface area contributed by atoms with Gasteiger partial charge in [0.2, 0.25) is 5.91 Å². The highest BCUT2D eigenvalue weighted by Crippen LogP contribution is 2.31. The van der Waals surface area contributed by atoms with Gasteiger partial charge in [0.25, 0.3) is 5.91 Å². The molecule has 0 radical (unpaired) electrons. The van der Waals surface area contributed by atoms with Gasteiger partial charge in [-0.3, -0.25) is 9.59 Å². The minimum Gasteiger partial charge on any atom is -0.472 e. The lowest BCUT2D eigenvalue weighted by Gasteiger charge is -2.31. The van der Waals surface area contributed by atoms with Crippen molar-refractivity contribution in [1.82, 2.24) is 9.88 Å². The summed E-state index contributed by atoms with van der Waals surface area (Å²) in [5, 5.41) is 3.58. The van der Waals surface area contributed by atoms with Crippen LogP contribution in [0.2, 0.25) is 0 Å². The third kappa shape index (κ3) is 3.47. The molecule has 2 aromatic heterocycles. The lowest BCUT2D eigenvalue weighted by atomic mass is 9.97. The number of aryl methyl sites for hydroxylation is 2. The molecule has 3 aromatic rings. The summed E-state index contributed by atoms with van der Waals surface area (Å²) in [6.45, 7) is 5.14. The summed E-state index contributed by atoms with van der Waals surface area (Å²) in [4.78, 5) is 31.6. The Labute approximate surface area is 161 Å². The maximum absolute atomic E-state index is 12.8. The molecule has 2 amide bonds. The third-order valence-corrected chi connectivity index (χ3v) is 6.13. The Balaban J connectivity index is 1.47. The zero-order valence-corrected chi connectivity index (χ0v) is 16.1. The van der Waals surface area contributed by atoms with Gasteiger partial charge in [0, 0.05) is 13.1 Å². The monoisotopic (exact) mass is 383 g/mol. The van der Waals surface area contributed by atoms with Crippen LogP contribution in [-0.2, 0) is 4.79 Å². The van der Waals surface area contributed by atoms with Gasteiger partial charge in [0.1, 0.15) is 6.26 Å². The first kappa shape index (κ1) is 17.7. The maximum atomic E-state index is 12.8. The van der Waals surface area contributed by atoms with Crippen LogP contribution in [0.5, 0.6) is 0 Å². The molecular formula is C20H21N3O3S. The maximum Gasteiger partial charge on any atom is 0.257 e. The largest absolute Gasteiger partial charge is 0.472 e. The van der Waals surface area contributed by atoms with E-state index < -0.39 is 0 Å². The third-order valence-electron chi connectivity index (χ3n) is 5.02. The van der Waals surface area contributed by atoms with E-state index >= 15 is 0 Å². The Morgan fingerprint density at radius 3 is 2.81 bits per heavy atom. The molecule has 1 aliphatic heterocycles. The molecule has 1 unspecified atom stereocenters. The van der Waals surface area contributed by atoms with Crippen LogP contribution in [-0.4, -0.2) is 34.8 Å². The number of hydrogen-bond acceptors (Lipinski definition) is 5. The van der Waals surface area contributed by atoms with Crippen molar-refractivity contribution in [2.24, 2.45) is 5.92 Å². The quantitative estimate of drug-likeness (QED) is 0.742. The van der Waals surface area contributed by atoms with Crippen LogP contribution in [0.25, 0.3) is 10.2 Å². The number of carbonyl (C=O) groups is 2. The molecular weight excluding hydrogens is 362 g/mol. The van der Waals surface area contributed by atoms with Gasteiger partial charge >= 0.3 is 0 Å². The predicted octanol–water partition coefficient (Wildman–Crippen LogP) is 4.00. The van der Waals surface area contributed by atoms with Gasteiger partial charge in [-0.15, -0.1) is 0 Å². The second kappa shape index (κ2) is 7.15. The number of nitrogens with one attached hydrogen (secondary N) is 1. The van der Waals surface area contributed by atoms with E-state index in [9.17, 15) is 9.59 Å². The van der Waals surface area contributed by atoms with Gasteiger partial charge < -0.3 is 14.6 Å². The van der Waals surface area contributed by atoms with Crippen LogP contribution in [0.1, 0.15) is 34.3 Å². The lowest BCUT2D eigenvalue weighted by Crippen LogP contribution is -2.43. The Morgan fingerprint density at radius 2 is 2.07 bits per heavy atom. The van der Waals surface area contributed by atoms with Crippen LogP contribution in [0.3, 0.4) is 0 Å². The van der Waals surface area contributed by atoms with E-state index in [0.717, 1.165) is 34.2 Å². The zero-order chi connectivity index (χ0) is 19.0. The van der Waals surface area contributed by atoms with Crippen LogP contribution >= 0.6 is 11.3 Å². The molecule has 6 nitrogen and oxygen atoms in total. The highest BCUT2D eigenvalue weighted by Gasteiger charge is 2.29. The average molecular weight is 383 g/mol. The highest BCUT2D eigenvalue weighted by molar-refractivity contribution is 7.22. The number of fused-ring (bicyclic) bond motifs is 1. The molecule has 27 heavy (non-hydrogen) atoms. The number of furan rings is 1. The van der Waals surface area contributed by atoms with Crippen molar-refractivity contribution in [3.05, 3.63) is 47.4 Å². The summed E-state index contributed by atoms with van der Waals surface area (Å²) in [5.41, 5.74) is 3.72. The Morgan fingerprint density at radius 1 is 1.26 bits per heavy atom. The van der Waals surface area contributed by atoms with Crippen molar-refractivity contribution >= 4 is 38.5 Å². The number of likely N-dealkylation sites (tertiary alicyclic amines) is 1. The fourth-order valence-electron chi connectivity index (χ4n) is 3.46. The van der Waals surface area contributed by atoms with Gasteiger partial charge in [-0.25, -0.2) is 4.98 Å². The van der Waals surface area contributed by atoms with Crippen molar-refractivity contribution in [2.45, 2.75) is 26.7 Å². The number of amides is 2. The smallest absolute Gasteiger partial charge is 0.257 e. The van der Waals surface area contributed by atoms with Gasteiger partial charge in [0.15, 0.2) is 5.13 Å². The molecule has 1 fully saturated rings. The minimum absolute atomic E-state index is 0.0749. The number of nitrogens with zero attached hydrogens (tertiary/aromatic N) is 2. The second-order valence-electron chi connectivity index (χ2n) is 6.99. The molecule has 7 heteroatoms. The molecule has 1 aromatic carbocycles. The first-order chi connectivity index (χ1) is 13.0. The van der Waals surface area contributed by atoms with Crippen molar-refractivity contribution in [1.29, 1.82) is 0 Å². The molecule has 3 heterocycles. The summed E-state index contributed by atoms with van der Waals surface area (Å²) in [6.07, 6.45) is 4.50. The second-order valence-corrected chi connectivity index (χ2v) is 7.99. The summed E-state index contributed by atoms with van der Waals surface area (Å²) in [6, 6.07) is 5.77. The Hall–Kier alpha value is -2.67. The summed E-state index contributed by atoms with van der Waals surface area (Å²) >= 11 is 1.50. The first-order valence-electron chi connectivity index (χ1n) is 9.02. The van der Waals surface area contributed by atoms with E-state index in [2.05, 4.69) is 16.4 Å². The molecule has 0 aliphatic carbocycles. The minimum atomic E-state index is -0.233. The van der Waals surface area contributed by atoms with E-state index in [4.69, 9.17) is 4.42 Å². The number of piperidine rings is 1. The molecule has 4 rings (SSSR count). The highest BCUT2D eigenvalue weighted by atomic mass is 32.1. The van der Waals surface area contributed by atoms with Gasteiger partial charge in [-0.1, -0.05) is 23.5 Å². The number of carbonyl (C=O) groups excluding carboxylic acids is 2. The number of rotatable bonds is 3. The molecule has 140 valence electrons. The van der Waals surface area contributed by atoms with Gasteiger partial charge in [-0.05, 0) is 43.9 Å². The molecule has 0 bridgehead atoms. The normalized spacial score (nSPS) is 17.3. The van der Waals surface area contributed by atoms with E-state index in [-0.39, 0.29) is 17.7 Å². The average Bonchev–Trinajstić information content (AvgIpc) is 3.35. The van der Waals surface area contributed by atoms with Crippen molar-refractivity contribution in [3.63, 3.8) is 0 Å². The first-order valence-corrected chi connectivity index (χ1v) is 9.83. The van der Waals surface area contributed by atoms with E-state index in [0.29, 0.717) is 23.8 Å².